The second-order valence-electron chi connectivity index (χ2n) is 6.99. The molecule has 1 nitrogen and oxygen atoms in total. The molecule has 0 aromatic rings. The summed E-state index contributed by atoms with van der Waals surface area (Å²) >= 11 is 1.87. The molecule has 0 radical (unpaired) electrons. The van der Waals surface area contributed by atoms with Crippen LogP contribution in [0.5, 0.6) is 0 Å². The van der Waals surface area contributed by atoms with Gasteiger partial charge < -0.3 is 5.11 Å². The Labute approximate surface area is 128 Å². The summed E-state index contributed by atoms with van der Waals surface area (Å²) in [6.45, 7) is 14.1. The lowest BCUT2D eigenvalue weighted by Crippen LogP contribution is -2.36. The molecule has 1 N–H and O–H groups in total. The minimum Gasteiger partial charge on any atom is -0.396 e. The van der Waals surface area contributed by atoms with Crippen molar-refractivity contribution in [3.63, 3.8) is 0 Å². The van der Waals surface area contributed by atoms with Crippen molar-refractivity contribution in [3.05, 3.63) is 33.4 Å². The van der Waals surface area contributed by atoms with Crippen molar-refractivity contribution in [2.24, 2.45) is 11.3 Å². The van der Waals surface area contributed by atoms with E-state index in [-0.39, 0.29) is 6.61 Å². The standard InChI is InChI=1S/C18H28OS/c1-11(2)16-12(3)14-9-18(5,6)17(14)13(4)15(16)10-20-8-7-19/h15,19H,7-10H2,1-6H3. The number of thioether (sulfide) groups is 1. The average molecular weight is 292 g/mol. The molecule has 1 atom stereocenters. The minimum absolute atomic E-state index is 0.280. The SMILES string of the molecule is CC(C)=C1C(C)=C2CC(C)(C)C2=C(C)C1CSCCO. The molecule has 2 aliphatic rings. The van der Waals surface area contributed by atoms with Crippen LogP contribution in [-0.4, -0.2) is 23.2 Å². The highest BCUT2D eigenvalue weighted by Crippen LogP contribution is 2.58. The molecule has 1 unspecified atom stereocenters. The van der Waals surface area contributed by atoms with Crippen LogP contribution < -0.4 is 0 Å². The molecule has 0 aromatic carbocycles. The maximum atomic E-state index is 9.02. The van der Waals surface area contributed by atoms with Crippen molar-refractivity contribution in [2.75, 3.05) is 18.1 Å². The third-order valence-corrected chi connectivity index (χ3v) is 5.82. The fourth-order valence-corrected chi connectivity index (χ4v) is 4.97. The Kier molecular flexibility index (Phi) is 4.56. The summed E-state index contributed by atoms with van der Waals surface area (Å²) in [6, 6.07) is 0. The highest BCUT2D eigenvalue weighted by atomic mass is 32.2. The van der Waals surface area contributed by atoms with E-state index in [1.807, 2.05) is 11.8 Å². The molecule has 2 heteroatoms. The molecule has 0 aromatic heterocycles. The number of rotatable bonds is 4. The largest absolute Gasteiger partial charge is 0.396 e. The molecule has 2 rings (SSSR count). The van der Waals surface area contributed by atoms with Crippen LogP contribution in [0.2, 0.25) is 0 Å². The van der Waals surface area contributed by atoms with Crippen LogP contribution in [0.3, 0.4) is 0 Å². The van der Waals surface area contributed by atoms with E-state index in [4.69, 9.17) is 5.11 Å². The van der Waals surface area contributed by atoms with Crippen LogP contribution >= 0.6 is 11.8 Å². The second kappa shape index (κ2) is 5.73. The van der Waals surface area contributed by atoms with Gasteiger partial charge in [0.15, 0.2) is 0 Å². The van der Waals surface area contributed by atoms with E-state index >= 15 is 0 Å². The maximum absolute atomic E-state index is 9.02. The van der Waals surface area contributed by atoms with Gasteiger partial charge in [0.25, 0.3) is 0 Å². The Bertz CT molecular complexity index is 502. The van der Waals surface area contributed by atoms with Gasteiger partial charge in [-0.25, -0.2) is 0 Å². The maximum Gasteiger partial charge on any atom is 0.0521 e. The summed E-state index contributed by atoms with van der Waals surface area (Å²) in [5.41, 5.74) is 9.69. The predicted molar refractivity (Wildman–Crippen MR) is 90.1 cm³/mol. The first-order valence-corrected chi connectivity index (χ1v) is 8.74. The van der Waals surface area contributed by atoms with Crippen LogP contribution in [0.1, 0.15) is 48.0 Å². The summed E-state index contributed by atoms with van der Waals surface area (Å²) in [5.74, 6) is 2.47. The Morgan fingerprint density at radius 3 is 2.45 bits per heavy atom. The van der Waals surface area contributed by atoms with E-state index in [1.165, 1.54) is 17.6 Å². The Morgan fingerprint density at radius 2 is 1.95 bits per heavy atom. The molecule has 20 heavy (non-hydrogen) atoms. The van der Waals surface area contributed by atoms with Crippen LogP contribution in [0, 0.1) is 11.3 Å². The molecule has 0 spiro atoms. The van der Waals surface area contributed by atoms with Crippen molar-refractivity contribution < 1.29 is 5.11 Å². The lowest BCUT2D eigenvalue weighted by Gasteiger charge is -2.49. The average Bonchev–Trinajstić information content (AvgIpc) is 2.33. The number of fused-ring (bicyclic) bond motifs is 1. The van der Waals surface area contributed by atoms with Gasteiger partial charge in [0.1, 0.15) is 0 Å². The Morgan fingerprint density at radius 1 is 1.30 bits per heavy atom. The lowest BCUT2D eigenvalue weighted by molar-refractivity contribution is 0.322. The van der Waals surface area contributed by atoms with Crippen LogP contribution in [0.4, 0.5) is 0 Å². The van der Waals surface area contributed by atoms with Gasteiger partial charge in [-0.3, -0.25) is 0 Å². The van der Waals surface area contributed by atoms with Crippen molar-refractivity contribution in [1.82, 2.24) is 0 Å². The summed E-state index contributed by atoms with van der Waals surface area (Å²) in [7, 11) is 0. The normalized spacial score (nSPS) is 24.8. The zero-order valence-electron chi connectivity index (χ0n) is 13.8. The summed E-state index contributed by atoms with van der Waals surface area (Å²) in [5, 5.41) is 9.02. The Hall–Kier alpha value is -0.470. The molecule has 1 saturated carbocycles. The highest BCUT2D eigenvalue weighted by Gasteiger charge is 2.44. The lowest BCUT2D eigenvalue weighted by atomic mass is 9.56. The smallest absolute Gasteiger partial charge is 0.0521 e. The molecule has 112 valence electrons. The van der Waals surface area contributed by atoms with E-state index in [0.29, 0.717) is 11.3 Å². The number of hydrogen-bond donors (Lipinski definition) is 1. The van der Waals surface area contributed by atoms with Crippen LogP contribution in [-0.2, 0) is 0 Å². The number of hydrogen-bond acceptors (Lipinski definition) is 2. The number of aliphatic hydroxyl groups is 1. The summed E-state index contributed by atoms with van der Waals surface area (Å²) < 4.78 is 0. The van der Waals surface area contributed by atoms with Gasteiger partial charge >= 0.3 is 0 Å². The molecule has 0 bridgehead atoms. The first kappa shape index (κ1) is 15.9. The van der Waals surface area contributed by atoms with E-state index in [9.17, 15) is 0 Å². The Balaban J connectivity index is 2.40. The molecule has 1 fully saturated rings. The van der Waals surface area contributed by atoms with E-state index in [2.05, 4.69) is 41.5 Å². The third kappa shape index (κ3) is 2.53. The van der Waals surface area contributed by atoms with Crippen LogP contribution in [0.25, 0.3) is 0 Å². The van der Waals surface area contributed by atoms with Gasteiger partial charge in [0.05, 0.1) is 6.61 Å². The van der Waals surface area contributed by atoms with Crippen LogP contribution in [0.15, 0.2) is 33.4 Å². The molecule has 2 aliphatic carbocycles. The highest BCUT2D eigenvalue weighted by molar-refractivity contribution is 7.99. The minimum atomic E-state index is 0.280. The monoisotopic (exact) mass is 292 g/mol. The molecule has 0 saturated heterocycles. The van der Waals surface area contributed by atoms with E-state index < -0.39 is 0 Å². The van der Waals surface area contributed by atoms with Crippen molar-refractivity contribution in [3.8, 4) is 0 Å². The zero-order chi connectivity index (χ0) is 15.1. The van der Waals surface area contributed by atoms with Gasteiger partial charge in [-0.15, -0.1) is 0 Å². The molecular weight excluding hydrogens is 264 g/mol. The summed E-state index contributed by atoms with van der Waals surface area (Å²) in [6.07, 6.45) is 1.22. The van der Waals surface area contributed by atoms with Crippen molar-refractivity contribution in [1.29, 1.82) is 0 Å². The topological polar surface area (TPSA) is 20.2 Å². The molecule has 0 amide bonds. The molecular formula is C18H28OS. The number of aliphatic hydroxyl groups excluding tert-OH is 1. The zero-order valence-corrected chi connectivity index (χ0v) is 14.6. The third-order valence-electron chi connectivity index (χ3n) is 4.78. The van der Waals surface area contributed by atoms with Gasteiger partial charge in [0.2, 0.25) is 0 Å². The van der Waals surface area contributed by atoms with Crippen molar-refractivity contribution >= 4 is 11.8 Å². The molecule has 0 aliphatic heterocycles. The van der Waals surface area contributed by atoms with E-state index in [0.717, 1.165) is 11.5 Å². The van der Waals surface area contributed by atoms with Gasteiger partial charge in [0, 0.05) is 17.4 Å². The molecule has 0 heterocycles. The predicted octanol–water partition coefficient (Wildman–Crippen LogP) is 4.74. The fourth-order valence-electron chi connectivity index (χ4n) is 4.02. The number of allylic oxidation sites excluding steroid dienone is 6. The van der Waals surface area contributed by atoms with Gasteiger partial charge in [-0.2, -0.15) is 11.8 Å². The first-order chi connectivity index (χ1) is 9.31. The van der Waals surface area contributed by atoms with E-state index in [1.54, 1.807) is 22.3 Å². The van der Waals surface area contributed by atoms with Gasteiger partial charge in [-0.1, -0.05) is 25.0 Å². The van der Waals surface area contributed by atoms with Crippen molar-refractivity contribution in [2.45, 2.75) is 48.0 Å². The summed E-state index contributed by atoms with van der Waals surface area (Å²) in [4.78, 5) is 0. The second-order valence-corrected chi connectivity index (χ2v) is 8.14. The van der Waals surface area contributed by atoms with Gasteiger partial charge in [-0.05, 0) is 61.8 Å². The fraction of sp³-hybridized carbons (Fsp3) is 0.667. The quantitative estimate of drug-likeness (QED) is 0.755. The first-order valence-electron chi connectivity index (χ1n) is 7.59.